The molecule has 1 atom stereocenters. The van der Waals surface area contributed by atoms with Crippen LogP contribution in [0.2, 0.25) is 0 Å². The highest BCUT2D eigenvalue weighted by Gasteiger charge is 2.36. The maximum absolute atomic E-state index is 11.8. The normalized spacial score (nSPS) is 14.8. The molecule has 0 aliphatic heterocycles. The fraction of sp³-hybridized carbons (Fsp3) is 0.944. The van der Waals surface area contributed by atoms with Crippen LogP contribution in [0.25, 0.3) is 0 Å². The van der Waals surface area contributed by atoms with Gasteiger partial charge in [-0.2, -0.15) is 0 Å². The molecule has 0 rings (SSSR count). The van der Waals surface area contributed by atoms with Gasteiger partial charge in [0.2, 0.25) is 0 Å². The smallest absolute Gasteiger partial charge is 0.135 e. The van der Waals surface area contributed by atoms with Gasteiger partial charge in [0, 0.05) is 5.41 Å². The van der Waals surface area contributed by atoms with Crippen molar-refractivity contribution < 1.29 is 4.79 Å². The van der Waals surface area contributed by atoms with E-state index in [-0.39, 0.29) is 10.8 Å². The van der Waals surface area contributed by atoms with E-state index in [0.29, 0.717) is 5.78 Å². The molecule has 0 aliphatic carbocycles. The minimum absolute atomic E-state index is 0.187. The molecule has 0 spiro atoms. The van der Waals surface area contributed by atoms with Gasteiger partial charge in [-0.3, -0.25) is 4.79 Å². The highest BCUT2D eigenvalue weighted by molar-refractivity contribution is 5.81. The van der Waals surface area contributed by atoms with Crippen LogP contribution in [0.1, 0.15) is 87.5 Å². The molecular weight excluding hydrogens is 232 g/mol. The number of hydrogen-bond acceptors (Lipinski definition) is 1. The van der Waals surface area contributed by atoms with Crippen LogP contribution >= 0.6 is 0 Å². The maximum Gasteiger partial charge on any atom is 0.135 e. The van der Waals surface area contributed by atoms with Crippen LogP contribution in [0.15, 0.2) is 0 Å². The van der Waals surface area contributed by atoms with Gasteiger partial charge in [0.25, 0.3) is 0 Å². The Kier molecular flexibility index (Phi) is 7.32. The molecule has 0 aliphatic rings. The molecule has 0 bridgehead atoms. The summed E-state index contributed by atoms with van der Waals surface area (Å²) in [6.07, 6.45) is 6.12. The summed E-state index contributed by atoms with van der Waals surface area (Å²) in [6, 6.07) is 0. The van der Waals surface area contributed by atoms with Gasteiger partial charge in [-0.25, -0.2) is 0 Å². The summed E-state index contributed by atoms with van der Waals surface area (Å²) in [7, 11) is 0. The minimum Gasteiger partial charge on any atom is -0.299 e. The Morgan fingerprint density at radius 3 is 1.89 bits per heavy atom. The quantitative estimate of drug-likeness (QED) is 0.511. The van der Waals surface area contributed by atoms with E-state index in [1.165, 1.54) is 25.7 Å². The molecule has 1 nitrogen and oxygen atoms in total. The topological polar surface area (TPSA) is 17.1 Å². The van der Waals surface area contributed by atoms with E-state index in [1.54, 1.807) is 6.92 Å². The van der Waals surface area contributed by atoms with Crippen molar-refractivity contribution in [3.8, 4) is 0 Å². The van der Waals surface area contributed by atoms with Crippen molar-refractivity contribution in [1.82, 2.24) is 0 Å². The number of carbonyl (C=O) groups is 1. The largest absolute Gasteiger partial charge is 0.299 e. The van der Waals surface area contributed by atoms with Crippen molar-refractivity contribution in [3.63, 3.8) is 0 Å². The Hall–Kier alpha value is -0.330. The predicted octanol–water partition coefficient (Wildman–Crippen LogP) is 5.87. The van der Waals surface area contributed by atoms with Gasteiger partial charge in [0.05, 0.1) is 0 Å². The zero-order valence-electron chi connectivity index (χ0n) is 14.6. The van der Waals surface area contributed by atoms with Crippen LogP contribution in [-0.2, 0) is 4.79 Å². The molecule has 0 saturated heterocycles. The average Bonchev–Trinajstić information content (AvgIpc) is 2.21. The summed E-state index contributed by atoms with van der Waals surface area (Å²) in [5, 5.41) is 0. The Bertz CT molecular complexity index is 273. The molecule has 0 aromatic carbocycles. The van der Waals surface area contributed by atoms with Crippen LogP contribution in [0.5, 0.6) is 0 Å². The first-order valence-electron chi connectivity index (χ1n) is 8.04. The molecule has 0 fully saturated rings. The van der Waals surface area contributed by atoms with Gasteiger partial charge < -0.3 is 0 Å². The highest BCUT2D eigenvalue weighted by Crippen LogP contribution is 2.43. The van der Waals surface area contributed by atoms with Crippen LogP contribution in [0, 0.1) is 22.7 Å². The number of ketones is 1. The fourth-order valence-corrected chi connectivity index (χ4v) is 3.22. The molecule has 0 radical (unpaired) electrons. The third-order valence-corrected chi connectivity index (χ3v) is 4.69. The lowest BCUT2D eigenvalue weighted by atomic mass is 9.64. The van der Waals surface area contributed by atoms with Crippen molar-refractivity contribution in [2.45, 2.75) is 87.5 Å². The van der Waals surface area contributed by atoms with Crippen molar-refractivity contribution in [1.29, 1.82) is 0 Å². The Labute approximate surface area is 121 Å². The van der Waals surface area contributed by atoms with E-state index < -0.39 is 0 Å². The van der Waals surface area contributed by atoms with Gasteiger partial charge in [-0.1, -0.05) is 67.7 Å². The van der Waals surface area contributed by atoms with E-state index in [2.05, 4.69) is 48.5 Å². The minimum atomic E-state index is -0.187. The number of Topliss-reactive ketones (excluding diaryl/α,β-unsaturated/α-hetero) is 1. The standard InChI is InChI=1S/C18H36O/c1-9-10-16(12-11-14(2)3)18(7,8)13-17(5,6)15(4)19/h14,16H,9-13H2,1-8H3. The zero-order chi connectivity index (χ0) is 15.3. The Morgan fingerprint density at radius 1 is 1.00 bits per heavy atom. The van der Waals surface area contributed by atoms with Gasteiger partial charge in [-0.05, 0) is 37.0 Å². The predicted molar refractivity (Wildman–Crippen MR) is 85.3 cm³/mol. The number of carbonyl (C=O) groups excluding carboxylic acids is 1. The first-order chi connectivity index (χ1) is 8.53. The first kappa shape index (κ1) is 18.7. The zero-order valence-corrected chi connectivity index (χ0v) is 14.6. The monoisotopic (exact) mass is 268 g/mol. The fourth-order valence-electron chi connectivity index (χ4n) is 3.22. The second kappa shape index (κ2) is 7.45. The van der Waals surface area contributed by atoms with Crippen molar-refractivity contribution in [3.05, 3.63) is 0 Å². The van der Waals surface area contributed by atoms with Crippen LogP contribution < -0.4 is 0 Å². The van der Waals surface area contributed by atoms with Crippen LogP contribution in [-0.4, -0.2) is 5.78 Å². The lowest BCUT2D eigenvalue weighted by Crippen LogP contribution is -2.34. The van der Waals surface area contributed by atoms with E-state index in [1.807, 2.05) is 0 Å². The summed E-state index contributed by atoms with van der Waals surface area (Å²) < 4.78 is 0. The lowest BCUT2D eigenvalue weighted by molar-refractivity contribution is -0.127. The van der Waals surface area contributed by atoms with Gasteiger partial charge in [-0.15, -0.1) is 0 Å². The van der Waals surface area contributed by atoms with E-state index in [0.717, 1.165) is 18.3 Å². The van der Waals surface area contributed by atoms with Crippen molar-refractivity contribution in [2.24, 2.45) is 22.7 Å². The van der Waals surface area contributed by atoms with Crippen LogP contribution in [0.3, 0.4) is 0 Å². The molecule has 0 N–H and O–H groups in total. The number of hydrogen-bond donors (Lipinski definition) is 0. The summed E-state index contributed by atoms with van der Waals surface area (Å²) in [5.74, 6) is 1.83. The molecule has 0 aromatic heterocycles. The molecule has 114 valence electrons. The van der Waals surface area contributed by atoms with Gasteiger partial charge in [0.1, 0.15) is 5.78 Å². The maximum atomic E-state index is 11.8. The molecule has 0 saturated carbocycles. The molecule has 0 heterocycles. The van der Waals surface area contributed by atoms with Crippen molar-refractivity contribution >= 4 is 5.78 Å². The third kappa shape index (κ3) is 6.58. The van der Waals surface area contributed by atoms with Gasteiger partial charge >= 0.3 is 0 Å². The second-order valence-electron chi connectivity index (χ2n) is 8.06. The summed E-state index contributed by atoms with van der Waals surface area (Å²) in [4.78, 5) is 11.8. The SMILES string of the molecule is CCCC(CCC(C)C)C(C)(C)CC(C)(C)C(C)=O. The molecule has 19 heavy (non-hydrogen) atoms. The van der Waals surface area contributed by atoms with Crippen LogP contribution in [0.4, 0.5) is 0 Å². The van der Waals surface area contributed by atoms with Gasteiger partial charge in [0.15, 0.2) is 0 Å². The summed E-state index contributed by atoms with van der Waals surface area (Å²) in [6.45, 7) is 17.5. The van der Waals surface area contributed by atoms with E-state index >= 15 is 0 Å². The summed E-state index contributed by atoms with van der Waals surface area (Å²) >= 11 is 0. The molecule has 1 unspecified atom stereocenters. The summed E-state index contributed by atoms with van der Waals surface area (Å²) in [5.41, 5.74) is 0.0629. The first-order valence-corrected chi connectivity index (χ1v) is 8.04. The second-order valence-corrected chi connectivity index (χ2v) is 8.06. The average molecular weight is 268 g/mol. The molecule has 0 amide bonds. The molecule has 1 heteroatoms. The van der Waals surface area contributed by atoms with Crippen molar-refractivity contribution in [2.75, 3.05) is 0 Å². The highest BCUT2D eigenvalue weighted by atomic mass is 16.1. The Balaban J connectivity index is 4.81. The lowest BCUT2D eigenvalue weighted by Gasteiger charge is -2.40. The van der Waals surface area contributed by atoms with E-state index in [9.17, 15) is 4.79 Å². The molecular formula is C18H36O. The molecule has 0 aromatic rings. The van der Waals surface area contributed by atoms with E-state index in [4.69, 9.17) is 0 Å². The number of rotatable bonds is 9. The third-order valence-electron chi connectivity index (χ3n) is 4.69. The Morgan fingerprint density at radius 2 is 1.53 bits per heavy atom.